The summed E-state index contributed by atoms with van der Waals surface area (Å²) in [5.41, 5.74) is 1.79. The maximum Gasteiger partial charge on any atom is 0.572 e. The summed E-state index contributed by atoms with van der Waals surface area (Å²) < 4.78 is 40.7. The number of hydrogen-bond donors (Lipinski definition) is 1. The van der Waals surface area contributed by atoms with Gasteiger partial charge in [0.05, 0.1) is 0 Å². The van der Waals surface area contributed by atoms with Crippen LogP contribution >= 0.6 is 0 Å². The summed E-state index contributed by atoms with van der Waals surface area (Å²) in [7, 11) is 1.90. The van der Waals surface area contributed by atoms with E-state index in [-0.39, 0.29) is 5.76 Å². The molecule has 0 bridgehead atoms. The van der Waals surface area contributed by atoms with Crippen LogP contribution in [0.3, 0.4) is 0 Å². The highest BCUT2D eigenvalue weighted by molar-refractivity contribution is 5.30. The second-order valence-electron chi connectivity index (χ2n) is 5.20. The molecule has 0 saturated heterocycles. The molecular weight excluding hydrogens is 255 g/mol. The molecule has 0 spiro atoms. The number of nitrogens with one attached hydrogen (secondary N) is 1. The van der Waals surface area contributed by atoms with Crippen molar-refractivity contribution >= 4 is 0 Å². The Bertz CT molecular complexity index is 371. The summed E-state index contributed by atoms with van der Waals surface area (Å²) in [6, 6.07) is 0. The molecule has 0 aromatic carbocycles. The van der Waals surface area contributed by atoms with Gasteiger partial charge in [-0.1, -0.05) is 25.5 Å². The first-order chi connectivity index (χ1) is 8.74. The van der Waals surface area contributed by atoms with Crippen LogP contribution in [0.4, 0.5) is 13.2 Å². The normalized spacial score (nSPS) is 20.1. The average molecular weight is 277 g/mol. The van der Waals surface area contributed by atoms with Gasteiger partial charge in [-0.3, -0.25) is 0 Å². The third-order valence-electron chi connectivity index (χ3n) is 3.69. The van der Waals surface area contributed by atoms with E-state index in [1.54, 1.807) is 6.92 Å². The molecule has 0 saturated carbocycles. The van der Waals surface area contributed by atoms with Crippen molar-refractivity contribution < 1.29 is 17.9 Å². The van der Waals surface area contributed by atoms with Crippen LogP contribution in [0, 0.1) is 11.8 Å². The maximum atomic E-state index is 12.2. The van der Waals surface area contributed by atoms with Gasteiger partial charge in [-0.15, -0.1) is 13.2 Å². The minimum Gasteiger partial charge on any atom is -0.410 e. The van der Waals surface area contributed by atoms with Gasteiger partial charge in [0.2, 0.25) is 0 Å². The van der Waals surface area contributed by atoms with E-state index in [1.807, 2.05) is 13.1 Å². The van der Waals surface area contributed by atoms with Crippen molar-refractivity contribution in [2.75, 3.05) is 13.6 Å². The molecule has 0 aliphatic heterocycles. The van der Waals surface area contributed by atoms with Gasteiger partial charge < -0.3 is 10.1 Å². The zero-order valence-corrected chi connectivity index (χ0v) is 11.9. The Labute approximate surface area is 112 Å². The van der Waals surface area contributed by atoms with Gasteiger partial charge in [-0.25, -0.2) is 0 Å². The molecule has 0 aromatic rings. The lowest BCUT2D eigenvalue weighted by molar-refractivity contribution is -0.306. The summed E-state index contributed by atoms with van der Waals surface area (Å²) in [5.74, 6) is 0.855. The van der Waals surface area contributed by atoms with Gasteiger partial charge in [0.15, 0.2) is 0 Å². The third-order valence-corrected chi connectivity index (χ3v) is 3.69. The molecule has 2 atom stereocenters. The molecule has 0 amide bonds. The van der Waals surface area contributed by atoms with E-state index in [0.29, 0.717) is 30.3 Å². The lowest BCUT2D eigenvalue weighted by Crippen LogP contribution is -2.24. The molecular formula is C14H22F3NO. The highest BCUT2D eigenvalue weighted by Gasteiger charge is 2.33. The van der Waals surface area contributed by atoms with Crippen molar-refractivity contribution in [1.82, 2.24) is 5.32 Å². The standard InChI is InChI=1S/C14H22F3NO/c1-9-7-12(11(3)10(2)8-18-4)5-6-13(9)19-14(15,16)17/h7,10-11,18H,5-6,8H2,1-4H3. The van der Waals surface area contributed by atoms with Crippen LogP contribution in [0.15, 0.2) is 23.0 Å². The molecule has 2 unspecified atom stereocenters. The van der Waals surface area contributed by atoms with E-state index < -0.39 is 6.36 Å². The smallest absolute Gasteiger partial charge is 0.410 e. The number of hydrogen-bond acceptors (Lipinski definition) is 2. The Morgan fingerprint density at radius 2 is 1.95 bits per heavy atom. The van der Waals surface area contributed by atoms with E-state index in [2.05, 4.69) is 23.9 Å². The van der Waals surface area contributed by atoms with Gasteiger partial charge in [0, 0.05) is 6.42 Å². The van der Waals surface area contributed by atoms with Crippen molar-refractivity contribution in [2.45, 2.75) is 40.0 Å². The van der Waals surface area contributed by atoms with Crippen LogP contribution < -0.4 is 5.32 Å². The molecule has 0 heterocycles. The molecule has 0 fully saturated rings. The molecule has 1 aliphatic rings. The van der Waals surface area contributed by atoms with Gasteiger partial charge in [-0.05, 0) is 44.3 Å². The first-order valence-corrected chi connectivity index (χ1v) is 6.55. The highest BCUT2D eigenvalue weighted by atomic mass is 19.4. The van der Waals surface area contributed by atoms with Gasteiger partial charge in [-0.2, -0.15) is 0 Å². The van der Waals surface area contributed by atoms with Gasteiger partial charge >= 0.3 is 6.36 Å². The van der Waals surface area contributed by atoms with Crippen LogP contribution in [0.1, 0.15) is 33.6 Å². The molecule has 19 heavy (non-hydrogen) atoms. The predicted molar refractivity (Wildman–Crippen MR) is 69.4 cm³/mol. The third kappa shape index (κ3) is 4.90. The molecule has 2 nitrogen and oxygen atoms in total. The highest BCUT2D eigenvalue weighted by Crippen LogP contribution is 2.34. The average Bonchev–Trinajstić information content (AvgIpc) is 2.29. The summed E-state index contributed by atoms with van der Waals surface area (Å²) in [4.78, 5) is 0. The molecule has 1 N–H and O–H groups in total. The molecule has 0 aromatic heterocycles. The Hall–Kier alpha value is -0.970. The zero-order chi connectivity index (χ0) is 14.6. The first-order valence-electron chi connectivity index (χ1n) is 6.55. The van der Waals surface area contributed by atoms with E-state index in [9.17, 15) is 13.2 Å². The van der Waals surface area contributed by atoms with E-state index >= 15 is 0 Å². The van der Waals surface area contributed by atoms with Crippen LogP contribution in [0.25, 0.3) is 0 Å². The van der Waals surface area contributed by atoms with Gasteiger partial charge in [0.25, 0.3) is 0 Å². The van der Waals surface area contributed by atoms with Crippen molar-refractivity contribution in [3.05, 3.63) is 23.0 Å². The van der Waals surface area contributed by atoms with Crippen LogP contribution in [0.2, 0.25) is 0 Å². The van der Waals surface area contributed by atoms with Crippen molar-refractivity contribution in [3.8, 4) is 0 Å². The van der Waals surface area contributed by atoms with Crippen molar-refractivity contribution in [3.63, 3.8) is 0 Å². The maximum absolute atomic E-state index is 12.2. The second-order valence-corrected chi connectivity index (χ2v) is 5.20. The van der Waals surface area contributed by atoms with E-state index in [4.69, 9.17) is 0 Å². The Balaban J connectivity index is 2.78. The Kier molecular flexibility index (Phi) is 5.47. The number of ether oxygens (including phenoxy) is 1. The van der Waals surface area contributed by atoms with Crippen molar-refractivity contribution in [2.24, 2.45) is 11.8 Å². The molecule has 5 heteroatoms. The van der Waals surface area contributed by atoms with Gasteiger partial charge in [0.1, 0.15) is 5.76 Å². The number of rotatable bonds is 5. The largest absolute Gasteiger partial charge is 0.572 e. The quantitative estimate of drug-likeness (QED) is 0.820. The first kappa shape index (κ1) is 16.1. The SMILES string of the molecule is CNCC(C)C(C)C1=CC(C)=C(OC(F)(F)F)CC1. The lowest BCUT2D eigenvalue weighted by atomic mass is 9.83. The topological polar surface area (TPSA) is 21.3 Å². The van der Waals surface area contributed by atoms with E-state index in [1.165, 1.54) is 5.57 Å². The summed E-state index contributed by atoms with van der Waals surface area (Å²) in [6.07, 6.45) is -1.78. The zero-order valence-electron chi connectivity index (χ0n) is 11.9. The van der Waals surface area contributed by atoms with Crippen molar-refractivity contribution in [1.29, 1.82) is 0 Å². The van der Waals surface area contributed by atoms with Crippen LogP contribution in [0.5, 0.6) is 0 Å². The Morgan fingerprint density at radius 1 is 1.32 bits per heavy atom. The number of alkyl halides is 3. The second kappa shape index (κ2) is 6.46. The predicted octanol–water partition coefficient (Wildman–Crippen LogP) is 4.01. The lowest BCUT2D eigenvalue weighted by Gasteiger charge is -2.27. The molecule has 1 rings (SSSR count). The number of halogens is 3. The summed E-state index contributed by atoms with van der Waals surface area (Å²) in [5, 5.41) is 3.13. The summed E-state index contributed by atoms with van der Waals surface area (Å²) >= 11 is 0. The fourth-order valence-electron chi connectivity index (χ4n) is 2.38. The molecule has 1 aliphatic carbocycles. The number of allylic oxidation sites excluding steroid dienone is 4. The van der Waals surface area contributed by atoms with Crippen LogP contribution in [-0.4, -0.2) is 20.0 Å². The fraction of sp³-hybridized carbons (Fsp3) is 0.714. The van der Waals surface area contributed by atoms with E-state index in [0.717, 1.165) is 6.54 Å². The minimum absolute atomic E-state index is 0.0460. The molecule has 0 radical (unpaired) electrons. The van der Waals surface area contributed by atoms with Crippen LogP contribution in [-0.2, 0) is 4.74 Å². The Morgan fingerprint density at radius 3 is 2.42 bits per heavy atom. The molecule has 110 valence electrons. The minimum atomic E-state index is -4.59. The monoisotopic (exact) mass is 277 g/mol. The summed E-state index contributed by atoms with van der Waals surface area (Å²) in [6.45, 7) is 6.84. The fourth-order valence-corrected chi connectivity index (χ4v) is 2.38.